The Morgan fingerprint density at radius 1 is 1.11 bits per heavy atom. The van der Waals surface area contributed by atoms with Crippen molar-refractivity contribution in [3.8, 4) is 16.9 Å². The molecule has 0 saturated heterocycles. The molecule has 0 atom stereocenters. The third-order valence-corrected chi connectivity index (χ3v) is 2.82. The van der Waals surface area contributed by atoms with Crippen molar-refractivity contribution >= 4 is 5.84 Å². The number of benzene rings is 2. The Morgan fingerprint density at radius 2 is 1.79 bits per heavy atom. The van der Waals surface area contributed by atoms with Crippen LogP contribution in [0.25, 0.3) is 11.1 Å². The van der Waals surface area contributed by atoms with Crippen LogP contribution in [0.2, 0.25) is 0 Å². The van der Waals surface area contributed by atoms with Crippen molar-refractivity contribution < 1.29 is 4.74 Å². The largest absolute Gasteiger partial charge is 0.494 e. The maximum Gasteiger partial charge on any atom is 0.150 e. The van der Waals surface area contributed by atoms with Gasteiger partial charge in [-0.2, -0.15) is 5.10 Å². The molecule has 2 rings (SSSR count). The van der Waals surface area contributed by atoms with Crippen molar-refractivity contribution in [2.75, 3.05) is 6.61 Å². The van der Waals surface area contributed by atoms with Crippen molar-refractivity contribution in [1.82, 2.24) is 0 Å². The summed E-state index contributed by atoms with van der Waals surface area (Å²) >= 11 is 0. The molecular weight excluding hydrogens is 238 g/mol. The van der Waals surface area contributed by atoms with E-state index in [2.05, 4.69) is 5.10 Å². The molecule has 0 unspecified atom stereocenters. The van der Waals surface area contributed by atoms with Gasteiger partial charge in [0.05, 0.1) is 6.61 Å². The lowest BCUT2D eigenvalue weighted by Gasteiger charge is -2.09. The Morgan fingerprint density at radius 3 is 2.42 bits per heavy atom. The number of amidine groups is 1. The quantitative estimate of drug-likeness (QED) is 0.381. The van der Waals surface area contributed by atoms with Gasteiger partial charge in [0.25, 0.3) is 0 Å². The fourth-order valence-corrected chi connectivity index (χ4v) is 1.93. The first kappa shape index (κ1) is 13.0. The summed E-state index contributed by atoms with van der Waals surface area (Å²) in [7, 11) is 0. The number of rotatable bonds is 4. The van der Waals surface area contributed by atoms with E-state index in [0.717, 1.165) is 22.4 Å². The number of hydrogen-bond acceptors (Lipinski definition) is 3. The maximum absolute atomic E-state index is 5.81. The molecule has 98 valence electrons. The molecular formula is C15H17N3O. The minimum atomic E-state index is 0.324. The predicted molar refractivity (Wildman–Crippen MR) is 78.0 cm³/mol. The summed E-state index contributed by atoms with van der Waals surface area (Å²) in [5.74, 6) is 6.43. The summed E-state index contributed by atoms with van der Waals surface area (Å²) in [5.41, 5.74) is 8.68. The van der Waals surface area contributed by atoms with E-state index in [-0.39, 0.29) is 0 Å². The minimum absolute atomic E-state index is 0.324. The molecule has 19 heavy (non-hydrogen) atoms. The Balaban J connectivity index is 2.41. The SMILES string of the molecule is CCOc1ccc(-c2ccccc2C(N)=NN)cc1. The second-order valence-corrected chi connectivity index (χ2v) is 4.02. The highest BCUT2D eigenvalue weighted by atomic mass is 16.5. The van der Waals surface area contributed by atoms with Crippen LogP contribution in [0.3, 0.4) is 0 Å². The molecule has 0 radical (unpaired) electrons. The summed E-state index contributed by atoms with van der Waals surface area (Å²) in [6, 6.07) is 15.6. The van der Waals surface area contributed by atoms with Gasteiger partial charge in [0.2, 0.25) is 0 Å². The molecule has 0 aliphatic carbocycles. The van der Waals surface area contributed by atoms with Crippen molar-refractivity contribution in [3.05, 3.63) is 54.1 Å². The molecule has 0 aromatic heterocycles. The van der Waals surface area contributed by atoms with Gasteiger partial charge in [-0.15, -0.1) is 0 Å². The van der Waals surface area contributed by atoms with Crippen LogP contribution >= 0.6 is 0 Å². The van der Waals surface area contributed by atoms with E-state index in [0.29, 0.717) is 12.4 Å². The molecule has 0 bridgehead atoms. The van der Waals surface area contributed by atoms with Crippen molar-refractivity contribution in [2.45, 2.75) is 6.92 Å². The van der Waals surface area contributed by atoms with E-state index in [1.165, 1.54) is 0 Å². The smallest absolute Gasteiger partial charge is 0.150 e. The van der Waals surface area contributed by atoms with Crippen molar-refractivity contribution in [3.63, 3.8) is 0 Å². The van der Waals surface area contributed by atoms with E-state index >= 15 is 0 Å². The molecule has 0 fully saturated rings. The van der Waals surface area contributed by atoms with Crippen LogP contribution in [0, 0.1) is 0 Å². The average Bonchev–Trinajstić information content (AvgIpc) is 2.47. The van der Waals surface area contributed by atoms with E-state index in [1.54, 1.807) is 0 Å². The molecule has 0 aliphatic heterocycles. The second kappa shape index (κ2) is 5.91. The zero-order valence-electron chi connectivity index (χ0n) is 10.8. The van der Waals surface area contributed by atoms with Gasteiger partial charge in [0, 0.05) is 5.56 Å². The molecule has 0 spiro atoms. The summed E-state index contributed by atoms with van der Waals surface area (Å²) in [5, 5.41) is 3.56. The number of ether oxygens (including phenoxy) is 1. The van der Waals surface area contributed by atoms with E-state index < -0.39 is 0 Å². The molecule has 2 aromatic carbocycles. The second-order valence-electron chi connectivity index (χ2n) is 4.02. The highest BCUT2D eigenvalue weighted by molar-refractivity contribution is 6.03. The molecule has 4 nitrogen and oxygen atoms in total. The van der Waals surface area contributed by atoms with Crippen molar-refractivity contribution in [1.29, 1.82) is 0 Å². The number of nitrogens with two attached hydrogens (primary N) is 2. The van der Waals surface area contributed by atoms with Gasteiger partial charge < -0.3 is 16.3 Å². The van der Waals surface area contributed by atoms with E-state index in [1.807, 2.05) is 55.5 Å². The van der Waals surface area contributed by atoms with Gasteiger partial charge >= 0.3 is 0 Å². The number of nitrogens with zero attached hydrogens (tertiary/aromatic N) is 1. The Hall–Kier alpha value is -2.49. The van der Waals surface area contributed by atoms with Crippen LogP contribution in [-0.2, 0) is 0 Å². The highest BCUT2D eigenvalue weighted by Gasteiger charge is 2.07. The molecule has 0 aliphatic rings. The van der Waals surface area contributed by atoms with Crippen molar-refractivity contribution in [2.24, 2.45) is 16.7 Å². The zero-order chi connectivity index (χ0) is 13.7. The first-order valence-corrected chi connectivity index (χ1v) is 6.12. The van der Waals surface area contributed by atoms with E-state index in [9.17, 15) is 0 Å². The van der Waals surface area contributed by atoms with Crippen LogP contribution in [-0.4, -0.2) is 12.4 Å². The zero-order valence-corrected chi connectivity index (χ0v) is 10.8. The molecule has 0 heterocycles. The first-order valence-electron chi connectivity index (χ1n) is 6.12. The Bertz CT molecular complexity index is 576. The maximum atomic E-state index is 5.81. The van der Waals surface area contributed by atoms with Gasteiger partial charge in [-0.3, -0.25) is 0 Å². The normalized spacial score (nSPS) is 11.3. The first-order chi connectivity index (χ1) is 9.26. The van der Waals surface area contributed by atoms with Crippen LogP contribution in [0.4, 0.5) is 0 Å². The topological polar surface area (TPSA) is 73.6 Å². The third-order valence-electron chi connectivity index (χ3n) is 2.82. The lowest BCUT2D eigenvalue weighted by molar-refractivity contribution is 0.340. The molecule has 0 amide bonds. The lowest BCUT2D eigenvalue weighted by Crippen LogP contribution is -2.16. The van der Waals surface area contributed by atoms with Gasteiger partial charge in [-0.1, -0.05) is 36.4 Å². The van der Waals surface area contributed by atoms with Gasteiger partial charge in [0.15, 0.2) is 5.84 Å². The summed E-state index contributed by atoms with van der Waals surface area (Å²) in [6.45, 7) is 2.62. The van der Waals surface area contributed by atoms with E-state index in [4.69, 9.17) is 16.3 Å². The van der Waals surface area contributed by atoms with Crippen LogP contribution in [0.5, 0.6) is 5.75 Å². The highest BCUT2D eigenvalue weighted by Crippen LogP contribution is 2.25. The third kappa shape index (κ3) is 2.85. The monoisotopic (exact) mass is 255 g/mol. The summed E-state index contributed by atoms with van der Waals surface area (Å²) in [6.07, 6.45) is 0. The van der Waals surface area contributed by atoms with Gasteiger partial charge in [-0.05, 0) is 30.2 Å². The molecule has 4 heteroatoms. The van der Waals surface area contributed by atoms with Crippen LogP contribution in [0.1, 0.15) is 12.5 Å². The average molecular weight is 255 g/mol. The molecule has 4 N–H and O–H groups in total. The van der Waals surface area contributed by atoms with Crippen LogP contribution < -0.4 is 16.3 Å². The standard InChI is InChI=1S/C15H17N3O/c1-2-19-12-9-7-11(8-10-12)13-5-3-4-6-14(13)15(16)18-17/h3-10H,2,17H2,1H3,(H2,16,18). The molecule has 2 aromatic rings. The lowest BCUT2D eigenvalue weighted by atomic mass is 9.99. The number of hydrazone groups is 1. The summed E-state index contributed by atoms with van der Waals surface area (Å²) < 4.78 is 5.43. The predicted octanol–water partition coefficient (Wildman–Crippen LogP) is 2.33. The summed E-state index contributed by atoms with van der Waals surface area (Å²) in [4.78, 5) is 0. The van der Waals surface area contributed by atoms with Gasteiger partial charge in [0.1, 0.15) is 5.75 Å². The number of hydrogen-bond donors (Lipinski definition) is 2. The van der Waals surface area contributed by atoms with Crippen LogP contribution in [0.15, 0.2) is 53.6 Å². The Kier molecular flexibility index (Phi) is 4.03. The molecule has 0 saturated carbocycles. The fourth-order valence-electron chi connectivity index (χ4n) is 1.93. The van der Waals surface area contributed by atoms with Gasteiger partial charge in [-0.25, -0.2) is 0 Å². The Labute approximate surface area is 112 Å². The minimum Gasteiger partial charge on any atom is -0.494 e. The fraction of sp³-hybridized carbons (Fsp3) is 0.133.